The number of anilines is 2. The average Bonchev–Trinajstić information content (AvgIpc) is 3.14. The predicted octanol–water partition coefficient (Wildman–Crippen LogP) is 4.01. The molecule has 2 aromatic carbocycles. The van der Waals surface area contributed by atoms with E-state index in [1.165, 1.54) is 14.2 Å². The van der Waals surface area contributed by atoms with Gasteiger partial charge in [0.05, 0.1) is 14.2 Å². The molecule has 0 fully saturated rings. The van der Waals surface area contributed by atoms with Gasteiger partial charge in [-0.25, -0.2) is 9.78 Å². The first-order chi connectivity index (χ1) is 14.1. The van der Waals surface area contributed by atoms with Crippen LogP contribution in [0.25, 0.3) is 11.3 Å². The summed E-state index contributed by atoms with van der Waals surface area (Å²) in [6.45, 7) is -0.216. The van der Waals surface area contributed by atoms with Crippen LogP contribution < -0.4 is 20.1 Å². The summed E-state index contributed by atoms with van der Waals surface area (Å²) in [5.41, 5.74) is 1.33. The van der Waals surface area contributed by atoms with E-state index in [1.54, 1.807) is 18.2 Å². The third-order valence-electron chi connectivity index (χ3n) is 3.75. The summed E-state index contributed by atoms with van der Waals surface area (Å²) in [4.78, 5) is 28.3. The van der Waals surface area contributed by atoms with Gasteiger partial charge in [-0.05, 0) is 12.1 Å². The van der Waals surface area contributed by atoms with Crippen molar-refractivity contribution < 1.29 is 23.8 Å². The first-order valence-corrected chi connectivity index (χ1v) is 9.39. The Hall–Kier alpha value is -3.59. The maximum atomic E-state index is 12.4. The molecule has 3 rings (SSSR count). The molecule has 3 aromatic rings. The summed E-state index contributed by atoms with van der Waals surface area (Å²) < 4.78 is 15.4. The fraction of sp³-hybridized carbons (Fsp3) is 0.150. The van der Waals surface area contributed by atoms with Crippen LogP contribution in [-0.4, -0.2) is 37.8 Å². The van der Waals surface area contributed by atoms with Crippen molar-refractivity contribution in [3.63, 3.8) is 0 Å². The van der Waals surface area contributed by atoms with E-state index < -0.39 is 6.09 Å². The lowest BCUT2D eigenvalue weighted by atomic mass is 10.2. The Bertz CT molecular complexity index is 991. The molecule has 0 bridgehead atoms. The molecule has 29 heavy (non-hydrogen) atoms. The molecule has 8 nitrogen and oxygen atoms in total. The minimum Gasteiger partial charge on any atom is -0.493 e. The van der Waals surface area contributed by atoms with Gasteiger partial charge in [-0.15, -0.1) is 0 Å². The molecule has 0 aliphatic rings. The number of aromatic nitrogens is 1. The molecule has 0 radical (unpaired) electrons. The highest BCUT2D eigenvalue weighted by atomic mass is 32.1. The van der Waals surface area contributed by atoms with Gasteiger partial charge in [-0.3, -0.25) is 10.1 Å². The molecule has 9 heteroatoms. The highest BCUT2D eigenvalue weighted by Gasteiger charge is 2.17. The van der Waals surface area contributed by atoms with Gasteiger partial charge in [-0.1, -0.05) is 53.8 Å². The van der Waals surface area contributed by atoms with E-state index in [2.05, 4.69) is 20.4 Å². The van der Waals surface area contributed by atoms with Gasteiger partial charge in [0.2, 0.25) is 0 Å². The third-order valence-corrected chi connectivity index (χ3v) is 4.64. The number of nitrogens with one attached hydrogen (secondary N) is 2. The van der Waals surface area contributed by atoms with Crippen LogP contribution in [-0.2, 0) is 9.53 Å². The van der Waals surface area contributed by atoms with Crippen LogP contribution in [0.4, 0.5) is 14.9 Å². The second kappa shape index (κ2) is 9.56. The number of rotatable bonds is 7. The van der Waals surface area contributed by atoms with Gasteiger partial charge in [0.25, 0.3) is 5.91 Å². The van der Waals surface area contributed by atoms with Gasteiger partial charge in [0.15, 0.2) is 23.2 Å². The molecular formula is C20H19N3O5S. The van der Waals surface area contributed by atoms with Gasteiger partial charge in [0, 0.05) is 5.56 Å². The second-order valence-corrected chi connectivity index (χ2v) is 6.67. The number of benzene rings is 2. The van der Waals surface area contributed by atoms with Crippen LogP contribution >= 0.6 is 11.3 Å². The Morgan fingerprint density at radius 3 is 2.34 bits per heavy atom. The van der Waals surface area contributed by atoms with Crippen molar-refractivity contribution in [2.45, 2.75) is 0 Å². The smallest absolute Gasteiger partial charge is 0.413 e. The zero-order valence-electron chi connectivity index (χ0n) is 15.8. The van der Waals surface area contributed by atoms with Crippen LogP contribution in [0.3, 0.4) is 0 Å². The number of ether oxygens (including phenoxy) is 3. The molecule has 0 spiro atoms. The van der Waals surface area contributed by atoms with E-state index >= 15 is 0 Å². The number of thiazole rings is 1. The fourth-order valence-corrected chi connectivity index (χ4v) is 3.32. The maximum Gasteiger partial charge on any atom is 0.413 e. The van der Waals surface area contributed by atoms with Crippen LogP contribution in [0.15, 0.2) is 54.6 Å². The number of carbonyl (C=O) groups is 2. The van der Waals surface area contributed by atoms with Crippen molar-refractivity contribution in [1.82, 2.24) is 4.98 Å². The molecule has 1 heterocycles. The number of methoxy groups -OCH3 is 2. The summed E-state index contributed by atoms with van der Waals surface area (Å²) in [6, 6.07) is 16.4. The fourth-order valence-electron chi connectivity index (χ4n) is 2.43. The van der Waals surface area contributed by atoms with Crippen molar-refractivity contribution in [2.75, 3.05) is 31.5 Å². The van der Waals surface area contributed by atoms with Gasteiger partial charge in [0.1, 0.15) is 10.7 Å². The normalized spacial score (nSPS) is 10.1. The van der Waals surface area contributed by atoms with Crippen molar-refractivity contribution in [3.8, 4) is 22.8 Å². The molecule has 1 aromatic heterocycles. The second-order valence-electron chi connectivity index (χ2n) is 5.67. The van der Waals surface area contributed by atoms with Crippen LogP contribution in [0.1, 0.15) is 0 Å². The Labute approximate surface area is 171 Å². The summed E-state index contributed by atoms with van der Waals surface area (Å²) in [5.74, 6) is 0.625. The number of para-hydroxylation sites is 2. The average molecular weight is 413 g/mol. The maximum absolute atomic E-state index is 12.4. The van der Waals surface area contributed by atoms with Crippen LogP contribution in [0.2, 0.25) is 0 Å². The molecule has 0 aliphatic heterocycles. The monoisotopic (exact) mass is 413 g/mol. The summed E-state index contributed by atoms with van der Waals surface area (Å²) in [5, 5.41) is 6.09. The van der Waals surface area contributed by atoms with Crippen LogP contribution in [0, 0.1) is 0 Å². The first-order valence-electron chi connectivity index (χ1n) is 8.57. The van der Waals surface area contributed by atoms with Gasteiger partial charge in [-0.2, -0.15) is 0 Å². The molecule has 0 saturated carbocycles. The van der Waals surface area contributed by atoms with E-state index in [9.17, 15) is 9.59 Å². The summed E-state index contributed by atoms with van der Waals surface area (Å²) in [7, 11) is 2.79. The number of amides is 2. The number of nitrogens with zero attached hydrogens (tertiary/aromatic N) is 1. The van der Waals surface area contributed by atoms with Crippen LogP contribution in [0.5, 0.6) is 11.5 Å². The van der Waals surface area contributed by atoms with Crippen molar-refractivity contribution in [1.29, 1.82) is 0 Å². The lowest BCUT2D eigenvalue weighted by Gasteiger charge is -2.10. The number of hydrogen-bond acceptors (Lipinski definition) is 7. The van der Waals surface area contributed by atoms with Gasteiger partial charge < -0.3 is 19.5 Å². The standard InChI is InChI=1S/C20H19N3O5S/c1-26-14-10-6-7-11-15(14)28-12-16(24)21-18-17(13-8-4-3-5-9-13)22-19(29-18)23-20(25)27-2/h3-11H,12H2,1-2H3,(H,21,24)(H,22,23,25). The highest BCUT2D eigenvalue weighted by Crippen LogP contribution is 2.36. The zero-order valence-corrected chi connectivity index (χ0v) is 16.6. The minimum atomic E-state index is -0.643. The molecule has 2 N–H and O–H groups in total. The minimum absolute atomic E-state index is 0.216. The largest absolute Gasteiger partial charge is 0.493 e. The summed E-state index contributed by atoms with van der Waals surface area (Å²) in [6.07, 6.45) is -0.643. The lowest BCUT2D eigenvalue weighted by Crippen LogP contribution is -2.20. The van der Waals surface area contributed by atoms with E-state index in [4.69, 9.17) is 9.47 Å². The Balaban J connectivity index is 1.76. The van der Waals surface area contributed by atoms with E-state index in [0.29, 0.717) is 27.3 Å². The predicted molar refractivity (Wildman–Crippen MR) is 111 cm³/mol. The Morgan fingerprint density at radius 1 is 0.966 bits per heavy atom. The molecule has 2 amide bonds. The van der Waals surface area contributed by atoms with E-state index in [1.807, 2.05) is 36.4 Å². The summed E-state index contributed by atoms with van der Waals surface area (Å²) >= 11 is 1.12. The first kappa shape index (κ1) is 20.2. The van der Waals surface area contributed by atoms with Crippen molar-refractivity contribution in [3.05, 3.63) is 54.6 Å². The molecular weight excluding hydrogens is 394 g/mol. The quantitative estimate of drug-likeness (QED) is 0.607. The molecule has 0 aliphatic carbocycles. The van der Waals surface area contributed by atoms with Crippen molar-refractivity contribution in [2.24, 2.45) is 0 Å². The lowest BCUT2D eigenvalue weighted by molar-refractivity contribution is -0.118. The Kier molecular flexibility index (Phi) is 6.64. The third kappa shape index (κ3) is 5.23. The topological polar surface area (TPSA) is 98.8 Å². The number of hydrogen-bond donors (Lipinski definition) is 2. The highest BCUT2D eigenvalue weighted by molar-refractivity contribution is 7.20. The molecule has 150 valence electrons. The molecule has 0 saturated heterocycles. The van der Waals surface area contributed by atoms with Crippen molar-refractivity contribution >= 4 is 33.5 Å². The molecule has 0 unspecified atom stereocenters. The van der Waals surface area contributed by atoms with E-state index in [0.717, 1.165) is 16.9 Å². The Morgan fingerprint density at radius 2 is 1.66 bits per heavy atom. The van der Waals surface area contributed by atoms with E-state index in [-0.39, 0.29) is 12.5 Å². The number of carbonyl (C=O) groups excluding carboxylic acids is 2. The van der Waals surface area contributed by atoms with Gasteiger partial charge >= 0.3 is 6.09 Å². The molecule has 0 atom stereocenters. The zero-order chi connectivity index (χ0) is 20.6. The SMILES string of the molecule is COC(=O)Nc1nc(-c2ccccc2)c(NC(=O)COc2ccccc2OC)s1.